The highest BCUT2D eigenvalue weighted by molar-refractivity contribution is 8.16. The Morgan fingerprint density at radius 3 is 2.76 bits per heavy atom. The second-order valence-corrected chi connectivity index (χ2v) is 9.17. The number of hydrogen-bond donors (Lipinski definition) is 0. The average Bonchev–Trinajstić information content (AvgIpc) is 2.96. The highest BCUT2D eigenvalue weighted by atomic mass is 32.2. The van der Waals surface area contributed by atoms with E-state index < -0.39 is 40.0 Å². The second kappa shape index (κ2) is 6.75. The van der Waals surface area contributed by atoms with Crippen LogP contribution in [0.1, 0.15) is 12.8 Å². The predicted molar refractivity (Wildman–Crippen MR) is 89.4 cm³/mol. The Morgan fingerprint density at radius 1 is 1.32 bits per heavy atom. The highest BCUT2D eigenvalue weighted by Gasteiger charge is 2.49. The van der Waals surface area contributed by atoms with Crippen molar-refractivity contribution in [1.29, 1.82) is 0 Å². The first-order chi connectivity index (χ1) is 11.7. The van der Waals surface area contributed by atoms with Gasteiger partial charge < -0.3 is 14.8 Å². The van der Waals surface area contributed by atoms with Gasteiger partial charge in [0.1, 0.15) is 5.82 Å². The first-order valence-electron chi connectivity index (χ1n) is 7.48. The number of amides is 1. The Kier molecular flexibility index (Phi) is 4.83. The zero-order valence-corrected chi connectivity index (χ0v) is 14.6. The lowest BCUT2D eigenvalue weighted by Crippen LogP contribution is -2.37. The van der Waals surface area contributed by atoms with Crippen molar-refractivity contribution in [1.82, 2.24) is 0 Å². The molecule has 25 heavy (non-hydrogen) atoms. The van der Waals surface area contributed by atoms with Crippen molar-refractivity contribution in [3.63, 3.8) is 0 Å². The Hall–Kier alpha value is -1.94. The molecule has 2 fully saturated rings. The largest absolute Gasteiger partial charge is 0.550 e. The first kappa shape index (κ1) is 17.9. The number of aliphatic carboxylic acids is 1. The Bertz CT molecular complexity index is 855. The fraction of sp³-hybridized carbons (Fsp3) is 0.400. The van der Waals surface area contributed by atoms with Crippen molar-refractivity contribution in [2.45, 2.75) is 24.1 Å². The van der Waals surface area contributed by atoms with Crippen molar-refractivity contribution in [2.24, 2.45) is 4.99 Å². The summed E-state index contributed by atoms with van der Waals surface area (Å²) in [7, 11) is -3.21. The number of carboxylic acids is 1. The molecule has 0 unspecified atom stereocenters. The van der Waals surface area contributed by atoms with Crippen molar-refractivity contribution >= 4 is 44.3 Å². The summed E-state index contributed by atoms with van der Waals surface area (Å²) in [6.45, 7) is 0. The summed E-state index contributed by atoms with van der Waals surface area (Å²) >= 11 is 1.15. The summed E-state index contributed by atoms with van der Waals surface area (Å²) in [5.74, 6) is -2.63. The lowest BCUT2D eigenvalue weighted by atomic mass is 10.2. The molecule has 10 heteroatoms. The number of sulfone groups is 1. The van der Waals surface area contributed by atoms with Gasteiger partial charge in [-0.1, -0.05) is 17.8 Å². The second-order valence-electron chi connectivity index (χ2n) is 5.81. The lowest BCUT2D eigenvalue weighted by Gasteiger charge is -2.24. The van der Waals surface area contributed by atoms with Crippen LogP contribution in [0.2, 0.25) is 0 Å². The first-order valence-corrected chi connectivity index (χ1v) is 10.2. The number of rotatable bonds is 4. The topological polar surface area (TPSA) is 107 Å². The molecular weight excluding hydrogens is 371 g/mol. The van der Waals surface area contributed by atoms with Crippen molar-refractivity contribution in [2.75, 3.05) is 16.4 Å². The molecule has 1 amide bonds. The fourth-order valence-electron chi connectivity index (χ4n) is 2.86. The number of carboxylic acid groups (broad SMARTS) is 1. The minimum Gasteiger partial charge on any atom is -0.550 e. The smallest absolute Gasteiger partial charge is 0.248 e. The maximum absolute atomic E-state index is 13.6. The van der Waals surface area contributed by atoms with Crippen molar-refractivity contribution in [3.05, 3.63) is 30.1 Å². The van der Waals surface area contributed by atoms with Gasteiger partial charge in [0.25, 0.3) is 0 Å². The van der Waals surface area contributed by atoms with Gasteiger partial charge in [0, 0.05) is 23.3 Å². The standard InChI is InChI=1S/C15H15FN2O5S2/c16-9-2-1-3-10(6-9)18-11-7-25(22,23)8-12(11)24-15(18)17-13(19)4-5-14(20)21/h1-3,6,11-12H,4-5,7-8H2,(H,20,21)/p-1/t11-,12-/m1/s1. The number of halogens is 1. The van der Waals surface area contributed by atoms with E-state index in [9.17, 15) is 27.5 Å². The van der Waals surface area contributed by atoms with Gasteiger partial charge in [-0.05, 0) is 24.6 Å². The molecule has 1 aromatic carbocycles. The molecule has 0 saturated carbocycles. The van der Waals surface area contributed by atoms with Gasteiger partial charge in [0.15, 0.2) is 15.0 Å². The van der Waals surface area contributed by atoms with Crippen molar-refractivity contribution in [3.8, 4) is 0 Å². The predicted octanol–water partition coefficient (Wildman–Crippen LogP) is -0.0428. The van der Waals surface area contributed by atoms with E-state index in [1.54, 1.807) is 11.0 Å². The normalized spacial score (nSPS) is 26.0. The van der Waals surface area contributed by atoms with Crippen LogP contribution in [0.25, 0.3) is 0 Å². The molecule has 0 aliphatic carbocycles. The van der Waals surface area contributed by atoms with Crippen LogP contribution in [0.15, 0.2) is 29.3 Å². The van der Waals surface area contributed by atoms with Crippen LogP contribution >= 0.6 is 11.8 Å². The monoisotopic (exact) mass is 385 g/mol. The fourth-order valence-corrected chi connectivity index (χ4v) is 6.80. The SMILES string of the molecule is O=C([O-])CCC(=O)N=C1S[C@@H]2CS(=O)(=O)C[C@H]2N1c1cccc(F)c1. The molecule has 7 nitrogen and oxygen atoms in total. The van der Waals surface area contributed by atoms with Gasteiger partial charge in [0.2, 0.25) is 5.91 Å². The van der Waals surface area contributed by atoms with Crippen LogP contribution in [-0.2, 0) is 19.4 Å². The quantitative estimate of drug-likeness (QED) is 0.716. The minimum absolute atomic E-state index is 0.0413. The molecule has 0 bridgehead atoms. The Balaban J connectivity index is 1.92. The van der Waals surface area contributed by atoms with Gasteiger partial charge in [-0.25, -0.2) is 12.8 Å². The summed E-state index contributed by atoms with van der Waals surface area (Å²) in [5, 5.41) is 10.4. The van der Waals surface area contributed by atoms with E-state index >= 15 is 0 Å². The molecule has 0 N–H and O–H groups in total. The molecule has 0 aromatic heterocycles. The molecule has 0 radical (unpaired) electrons. The highest BCUT2D eigenvalue weighted by Crippen LogP contribution is 2.41. The van der Waals surface area contributed by atoms with E-state index in [-0.39, 0.29) is 28.3 Å². The molecule has 0 spiro atoms. The number of aliphatic imine (C=N–C) groups is 1. The molecule has 1 aromatic rings. The molecule has 3 rings (SSSR count). The maximum Gasteiger partial charge on any atom is 0.248 e. The molecule has 2 aliphatic heterocycles. The number of nitrogens with zero attached hydrogens (tertiary/aromatic N) is 2. The lowest BCUT2D eigenvalue weighted by molar-refractivity contribution is -0.305. The average molecular weight is 385 g/mol. The number of thioether (sulfide) groups is 1. The summed E-state index contributed by atoms with van der Waals surface area (Å²) in [6.07, 6.45) is -0.751. The third-order valence-electron chi connectivity index (χ3n) is 3.92. The number of anilines is 1. The van der Waals surface area contributed by atoms with E-state index in [2.05, 4.69) is 4.99 Å². The van der Waals surface area contributed by atoms with E-state index in [1.807, 2.05) is 0 Å². The van der Waals surface area contributed by atoms with Gasteiger partial charge in [-0.2, -0.15) is 4.99 Å². The Morgan fingerprint density at radius 2 is 2.08 bits per heavy atom. The minimum atomic E-state index is -3.21. The summed E-state index contributed by atoms with van der Waals surface area (Å²) < 4.78 is 37.4. The van der Waals surface area contributed by atoms with E-state index in [4.69, 9.17) is 0 Å². The summed E-state index contributed by atoms with van der Waals surface area (Å²) in [6, 6.07) is 5.16. The van der Waals surface area contributed by atoms with Gasteiger partial charge in [-0.15, -0.1) is 0 Å². The van der Waals surface area contributed by atoms with E-state index in [1.165, 1.54) is 18.2 Å². The summed E-state index contributed by atoms with van der Waals surface area (Å²) in [4.78, 5) is 27.8. The number of carbonyl (C=O) groups is 2. The molecule has 2 heterocycles. The molecular formula is C15H14FN2O5S2-. The third-order valence-corrected chi connectivity index (χ3v) is 7.13. The summed E-state index contributed by atoms with van der Waals surface area (Å²) in [5.41, 5.74) is 0.406. The van der Waals surface area contributed by atoms with Gasteiger partial charge in [0.05, 0.1) is 17.5 Å². The van der Waals surface area contributed by atoms with E-state index in [0.29, 0.717) is 5.69 Å². The van der Waals surface area contributed by atoms with Crippen LogP contribution in [-0.4, -0.2) is 48.3 Å². The van der Waals surface area contributed by atoms with Crippen molar-refractivity contribution < 1.29 is 27.5 Å². The molecule has 2 saturated heterocycles. The third kappa shape index (κ3) is 4.01. The van der Waals surface area contributed by atoms with Crippen LogP contribution in [0.5, 0.6) is 0 Å². The van der Waals surface area contributed by atoms with Crippen LogP contribution < -0.4 is 10.0 Å². The van der Waals surface area contributed by atoms with Gasteiger partial charge in [-0.3, -0.25) is 4.79 Å². The molecule has 2 aliphatic rings. The van der Waals surface area contributed by atoms with E-state index in [0.717, 1.165) is 11.8 Å². The zero-order valence-electron chi connectivity index (χ0n) is 12.9. The molecule has 2 atom stereocenters. The van der Waals surface area contributed by atoms with Crippen LogP contribution in [0, 0.1) is 5.82 Å². The number of benzene rings is 1. The number of hydrogen-bond acceptors (Lipinski definition) is 6. The van der Waals surface area contributed by atoms with Crippen LogP contribution in [0.3, 0.4) is 0 Å². The number of fused-ring (bicyclic) bond motifs is 1. The zero-order chi connectivity index (χ0) is 18.2. The number of amidine groups is 1. The van der Waals surface area contributed by atoms with Gasteiger partial charge >= 0.3 is 0 Å². The molecule has 134 valence electrons. The maximum atomic E-state index is 13.6. The van der Waals surface area contributed by atoms with Crippen LogP contribution in [0.4, 0.5) is 10.1 Å². The number of carbonyl (C=O) groups excluding carboxylic acids is 2. The Labute approximate surface area is 147 Å².